The van der Waals surface area contributed by atoms with E-state index in [2.05, 4.69) is 9.71 Å². The predicted molar refractivity (Wildman–Crippen MR) is 80.5 cm³/mol. The van der Waals surface area contributed by atoms with E-state index in [0.29, 0.717) is 10.9 Å². The summed E-state index contributed by atoms with van der Waals surface area (Å²) in [4.78, 5) is 4.03. The van der Waals surface area contributed by atoms with Gasteiger partial charge in [0.05, 0.1) is 29.2 Å². The first-order chi connectivity index (χ1) is 10.3. The fourth-order valence-corrected chi connectivity index (χ4v) is 5.79. The lowest BCUT2D eigenvalue weighted by Crippen LogP contribution is -2.42. The highest BCUT2D eigenvalue weighted by Crippen LogP contribution is 2.22. The van der Waals surface area contributed by atoms with Crippen molar-refractivity contribution in [1.82, 2.24) is 9.71 Å². The average molecular weight is 342 g/mol. The van der Waals surface area contributed by atoms with Gasteiger partial charge in [0.15, 0.2) is 9.84 Å². The van der Waals surface area contributed by atoms with Crippen molar-refractivity contribution in [1.29, 1.82) is 0 Å². The molecule has 0 aliphatic carbocycles. The van der Waals surface area contributed by atoms with Crippen LogP contribution in [0.3, 0.4) is 0 Å². The summed E-state index contributed by atoms with van der Waals surface area (Å²) in [5.74, 6) is -0.848. The number of nitrogens with zero attached hydrogens (tertiary/aromatic N) is 1. The Kier molecular flexibility index (Phi) is 3.68. The van der Waals surface area contributed by atoms with Gasteiger partial charge in [0.1, 0.15) is 4.90 Å². The highest BCUT2D eigenvalue weighted by molar-refractivity contribution is 7.92. The maximum atomic E-state index is 12.5. The monoisotopic (exact) mass is 342 g/mol. The highest BCUT2D eigenvalue weighted by Gasteiger charge is 2.39. The Labute approximate surface area is 128 Å². The molecule has 2 aromatic rings. The van der Waals surface area contributed by atoms with Crippen LogP contribution in [-0.4, -0.2) is 50.6 Å². The fourth-order valence-electron chi connectivity index (χ4n) is 2.50. The number of rotatable bonds is 3. The Morgan fingerprint density at radius 1 is 1.18 bits per heavy atom. The average Bonchev–Trinajstić information content (AvgIpc) is 2.70. The smallest absolute Gasteiger partial charge is 0.243 e. The molecule has 0 saturated carbocycles. The van der Waals surface area contributed by atoms with E-state index in [-0.39, 0.29) is 4.90 Å². The van der Waals surface area contributed by atoms with Crippen molar-refractivity contribution in [3.05, 3.63) is 36.5 Å². The first kappa shape index (κ1) is 15.3. The lowest BCUT2D eigenvalue weighted by Gasteiger charge is -2.15. The molecular formula is C13H14N2O5S2. The number of sulfonamides is 1. The standard InChI is InChI=1S/C13H14N2O5S2/c16-11-8-21(17,18)7-10(11)15-22(19,20)12-5-1-3-9-4-2-6-14-13(9)12/h1-6,10-11,15-16H,7-8H2/t10-,11+/m1/s1. The van der Waals surface area contributed by atoms with Gasteiger partial charge in [-0.15, -0.1) is 0 Å². The number of para-hydroxylation sites is 1. The maximum absolute atomic E-state index is 12.5. The first-order valence-corrected chi connectivity index (χ1v) is 9.83. The van der Waals surface area contributed by atoms with Crippen LogP contribution in [0.5, 0.6) is 0 Å². The van der Waals surface area contributed by atoms with Gasteiger partial charge in [-0.1, -0.05) is 18.2 Å². The Balaban J connectivity index is 1.99. The Hall–Kier alpha value is -1.55. The maximum Gasteiger partial charge on any atom is 0.243 e. The topological polar surface area (TPSA) is 113 Å². The lowest BCUT2D eigenvalue weighted by atomic mass is 10.2. The normalized spacial score (nSPS) is 24.6. The minimum atomic E-state index is -3.99. The quantitative estimate of drug-likeness (QED) is 0.790. The number of fused-ring (bicyclic) bond motifs is 1. The van der Waals surface area contributed by atoms with Crippen molar-refractivity contribution >= 4 is 30.8 Å². The minimum absolute atomic E-state index is 0.0397. The van der Waals surface area contributed by atoms with Gasteiger partial charge in [-0.3, -0.25) is 4.98 Å². The second-order valence-electron chi connectivity index (χ2n) is 5.20. The van der Waals surface area contributed by atoms with Gasteiger partial charge in [-0.05, 0) is 12.1 Å². The zero-order valence-electron chi connectivity index (χ0n) is 11.4. The molecule has 22 heavy (non-hydrogen) atoms. The zero-order valence-corrected chi connectivity index (χ0v) is 13.0. The molecule has 1 aromatic carbocycles. The molecule has 1 saturated heterocycles. The van der Waals surface area contributed by atoms with Crippen LogP contribution < -0.4 is 4.72 Å². The van der Waals surface area contributed by atoms with Crippen molar-refractivity contribution in [2.24, 2.45) is 0 Å². The van der Waals surface area contributed by atoms with E-state index in [1.54, 1.807) is 24.3 Å². The highest BCUT2D eigenvalue weighted by atomic mass is 32.2. The molecule has 9 heteroatoms. The van der Waals surface area contributed by atoms with E-state index in [1.807, 2.05) is 0 Å². The molecule has 0 bridgehead atoms. The summed E-state index contributed by atoms with van der Waals surface area (Å²) in [6.07, 6.45) is 0.235. The van der Waals surface area contributed by atoms with E-state index in [1.165, 1.54) is 12.3 Å². The predicted octanol–water partition coefficient (Wildman–Crippen LogP) is -0.329. The van der Waals surface area contributed by atoms with Crippen LogP contribution in [0.25, 0.3) is 10.9 Å². The summed E-state index contributed by atoms with van der Waals surface area (Å²) < 4.78 is 50.2. The third-order valence-electron chi connectivity index (χ3n) is 3.51. The molecule has 0 radical (unpaired) electrons. The van der Waals surface area contributed by atoms with Crippen LogP contribution in [0.4, 0.5) is 0 Å². The van der Waals surface area contributed by atoms with Crippen LogP contribution in [0.1, 0.15) is 0 Å². The Morgan fingerprint density at radius 2 is 1.91 bits per heavy atom. The summed E-state index contributed by atoms with van der Waals surface area (Å²) in [6.45, 7) is 0. The number of aliphatic hydroxyl groups excluding tert-OH is 1. The van der Waals surface area contributed by atoms with Gasteiger partial charge in [0, 0.05) is 11.6 Å². The third-order valence-corrected chi connectivity index (χ3v) is 6.75. The molecule has 1 fully saturated rings. The molecule has 2 atom stereocenters. The molecular weight excluding hydrogens is 328 g/mol. The van der Waals surface area contributed by atoms with Crippen LogP contribution >= 0.6 is 0 Å². The van der Waals surface area contributed by atoms with Gasteiger partial charge in [-0.25, -0.2) is 21.6 Å². The molecule has 1 aliphatic heterocycles. The lowest BCUT2D eigenvalue weighted by molar-refractivity contribution is 0.176. The first-order valence-electron chi connectivity index (χ1n) is 6.53. The SMILES string of the molecule is O=S1(=O)C[C@H](O)[C@H](NS(=O)(=O)c2cccc3cccnc23)C1. The zero-order chi connectivity index (χ0) is 16.0. The number of hydrogen-bond donors (Lipinski definition) is 2. The van der Waals surface area contributed by atoms with Crippen LogP contribution in [0.2, 0.25) is 0 Å². The molecule has 0 spiro atoms. The van der Waals surface area contributed by atoms with Gasteiger partial charge in [0.2, 0.25) is 10.0 Å². The number of aromatic nitrogens is 1. The summed E-state index contributed by atoms with van der Waals surface area (Å²) in [5, 5.41) is 10.4. The fraction of sp³-hybridized carbons (Fsp3) is 0.308. The van der Waals surface area contributed by atoms with Crippen LogP contribution in [0.15, 0.2) is 41.4 Å². The summed E-state index contributed by atoms with van der Waals surface area (Å²) >= 11 is 0. The molecule has 2 N–H and O–H groups in total. The number of sulfone groups is 1. The summed E-state index contributed by atoms with van der Waals surface area (Å²) in [7, 11) is -7.42. The molecule has 0 amide bonds. The van der Waals surface area contributed by atoms with Crippen molar-refractivity contribution in [3.63, 3.8) is 0 Å². The molecule has 118 valence electrons. The van der Waals surface area contributed by atoms with Crippen molar-refractivity contribution in [3.8, 4) is 0 Å². The van der Waals surface area contributed by atoms with E-state index in [9.17, 15) is 21.9 Å². The van der Waals surface area contributed by atoms with Gasteiger partial charge in [0.25, 0.3) is 0 Å². The van der Waals surface area contributed by atoms with E-state index < -0.39 is 43.5 Å². The van der Waals surface area contributed by atoms with Crippen LogP contribution in [-0.2, 0) is 19.9 Å². The van der Waals surface area contributed by atoms with Crippen molar-refractivity contribution in [2.45, 2.75) is 17.0 Å². The number of benzene rings is 1. The number of hydrogen-bond acceptors (Lipinski definition) is 6. The Morgan fingerprint density at radius 3 is 2.59 bits per heavy atom. The summed E-state index contributed by atoms with van der Waals surface area (Å²) in [5.41, 5.74) is 0.299. The second kappa shape index (κ2) is 5.27. The second-order valence-corrected chi connectivity index (χ2v) is 9.04. The molecule has 0 unspecified atom stereocenters. The number of nitrogens with one attached hydrogen (secondary N) is 1. The Bertz CT molecular complexity index is 919. The van der Waals surface area contributed by atoms with E-state index >= 15 is 0 Å². The largest absolute Gasteiger partial charge is 0.390 e. The number of pyridine rings is 1. The number of aliphatic hydroxyl groups is 1. The van der Waals surface area contributed by atoms with Crippen LogP contribution in [0, 0.1) is 0 Å². The third kappa shape index (κ3) is 2.84. The van der Waals surface area contributed by atoms with Gasteiger partial charge in [-0.2, -0.15) is 0 Å². The van der Waals surface area contributed by atoms with Gasteiger partial charge >= 0.3 is 0 Å². The van der Waals surface area contributed by atoms with Crippen molar-refractivity contribution < 1.29 is 21.9 Å². The minimum Gasteiger partial charge on any atom is -0.390 e. The molecule has 7 nitrogen and oxygen atoms in total. The molecule has 2 heterocycles. The molecule has 3 rings (SSSR count). The van der Waals surface area contributed by atoms with Gasteiger partial charge < -0.3 is 5.11 Å². The van der Waals surface area contributed by atoms with E-state index in [4.69, 9.17) is 0 Å². The molecule has 1 aromatic heterocycles. The molecule has 1 aliphatic rings. The van der Waals surface area contributed by atoms with Crippen molar-refractivity contribution in [2.75, 3.05) is 11.5 Å². The van der Waals surface area contributed by atoms with E-state index in [0.717, 1.165) is 0 Å². The summed E-state index contributed by atoms with van der Waals surface area (Å²) in [6, 6.07) is 7.09.